The van der Waals surface area contributed by atoms with Gasteiger partial charge in [0.05, 0.1) is 33.1 Å². The molecule has 0 spiro atoms. The molecule has 0 saturated carbocycles. The topological polar surface area (TPSA) is 54.9 Å². The molecular weight excluding hydrogens is 304 g/mol. The van der Waals surface area contributed by atoms with Crippen LogP contribution in [0.4, 0.5) is 0 Å². The van der Waals surface area contributed by atoms with Gasteiger partial charge in [-0.1, -0.05) is 17.7 Å². The number of hydrogen-bond donors (Lipinski definition) is 1. The molecule has 1 aromatic carbocycles. The second-order valence-electron chi connectivity index (χ2n) is 5.24. The van der Waals surface area contributed by atoms with Crippen LogP contribution in [0.15, 0.2) is 18.2 Å². The Kier molecular flexibility index (Phi) is 2.82. The zero-order chi connectivity index (χ0) is 13.8. The highest BCUT2D eigenvalue weighted by atomic mass is 35.5. The molecule has 1 aliphatic rings. The van der Waals surface area contributed by atoms with Gasteiger partial charge in [-0.25, -0.2) is 8.42 Å². The minimum atomic E-state index is -3.00. The number of fused-ring (bicyclic) bond motifs is 1. The van der Waals surface area contributed by atoms with Crippen molar-refractivity contribution in [3.8, 4) is 0 Å². The van der Waals surface area contributed by atoms with Gasteiger partial charge >= 0.3 is 0 Å². The number of aromatic nitrogens is 2. The highest BCUT2D eigenvalue weighted by molar-refractivity contribution is 7.91. The molecule has 19 heavy (non-hydrogen) atoms. The van der Waals surface area contributed by atoms with Crippen molar-refractivity contribution in [2.45, 2.75) is 18.9 Å². The van der Waals surface area contributed by atoms with Crippen molar-refractivity contribution in [1.29, 1.82) is 0 Å². The number of hydrogen-bond acceptors (Lipinski definition) is 3. The molecule has 4 nitrogen and oxygen atoms in total. The summed E-state index contributed by atoms with van der Waals surface area (Å²) in [5.41, 5.74) is 1.09. The van der Waals surface area contributed by atoms with Gasteiger partial charge in [0.2, 0.25) is 0 Å². The Morgan fingerprint density at radius 3 is 2.84 bits per heavy atom. The van der Waals surface area contributed by atoms with Crippen molar-refractivity contribution < 1.29 is 8.42 Å². The molecule has 1 saturated heterocycles. The number of para-hydroxylation sites is 1. The summed E-state index contributed by atoms with van der Waals surface area (Å²) in [7, 11) is -3.00. The lowest BCUT2D eigenvalue weighted by Crippen LogP contribution is -2.31. The van der Waals surface area contributed by atoms with E-state index in [1.165, 1.54) is 0 Å². The van der Waals surface area contributed by atoms with E-state index in [-0.39, 0.29) is 11.5 Å². The lowest BCUT2D eigenvalue weighted by atomic mass is 10.0. The molecule has 2 aromatic rings. The molecule has 7 heteroatoms. The number of benzene rings is 1. The summed E-state index contributed by atoms with van der Waals surface area (Å²) >= 11 is 11.6. The fraction of sp³-hybridized carbons (Fsp3) is 0.417. The normalized spacial score (nSPS) is 26.0. The van der Waals surface area contributed by atoms with Crippen molar-refractivity contribution in [3.05, 3.63) is 28.0 Å². The van der Waals surface area contributed by atoms with E-state index in [0.29, 0.717) is 16.2 Å². The van der Waals surface area contributed by atoms with Gasteiger partial charge in [-0.05, 0) is 37.7 Å². The maximum Gasteiger partial charge on any atom is 0.178 e. The second-order valence-corrected chi connectivity index (χ2v) is 8.22. The predicted octanol–water partition coefficient (Wildman–Crippen LogP) is 2.89. The maximum atomic E-state index is 11.8. The molecular formula is C12H13ClN2O2S2. The Morgan fingerprint density at radius 2 is 2.21 bits per heavy atom. The Labute approximate surface area is 121 Å². The molecule has 0 aliphatic carbocycles. The largest absolute Gasteiger partial charge is 0.331 e. The molecule has 1 N–H and O–H groups in total. The minimum Gasteiger partial charge on any atom is -0.331 e. The lowest BCUT2D eigenvalue weighted by Gasteiger charge is -2.25. The van der Waals surface area contributed by atoms with E-state index in [9.17, 15) is 8.42 Å². The monoisotopic (exact) mass is 316 g/mol. The van der Waals surface area contributed by atoms with E-state index >= 15 is 0 Å². The van der Waals surface area contributed by atoms with Crippen LogP contribution in [0, 0.1) is 4.77 Å². The lowest BCUT2D eigenvalue weighted by molar-refractivity contribution is 0.372. The van der Waals surface area contributed by atoms with E-state index in [0.717, 1.165) is 11.0 Å². The molecule has 0 bridgehead atoms. The maximum absolute atomic E-state index is 11.8. The third-order valence-electron chi connectivity index (χ3n) is 3.68. The van der Waals surface area contributed by atoms with Gasteiger partial charge < -0.3 is 9.55 Å². The van der Waals surface area contributed by atoms with Crippen LogP contribution in [0.2, 0.25) is 5.02 Å². The van der Waals surface area contributed by atoms with Gasteiger partial charge in [0.25, 0.3) is 0 Å². The van der Waals surface area contributed by atoms with Gasteiger partial charge in [-0.2, -0.15) is 0 Å². The van der Waals surface area contributed by atoms with Crippen LogP contribution in [0.3, 0.4) is 0 Å². The van der Waals surface area contributed by atoms with Crippen LogP contribution in [0.25, 0.3) is 11.0 Å². The van der Waals surface area contributed by atoms with E-state index in [1.807, 2.05) is 23.6 Å². The van der Waals surface area contributed by atoms with Crippen LogP contribution in [-0.4, -0.2) is 29.5 Å². The Bertz CT molecular complexity index is 822. The van der Waals surface area contributed by atoms with Crippen LogP contribution in [0.1, 0.15) is 13.3 Å². The summed E-state index contributed by atoms with van der Waals surface area (Å²) in [6, 6.07) is 5.52. The van der Waals surface area contributed by atoms with Gasteiger partial charge in [0.15, 0.2) is 14.6 Å². The van der Waals surface area contributed by atoms with Gasteiger partial charge in [-0.3, -0.25) is 0 Å². The first-order chi connectivity index (χ1) is 8.82. The average molecular weight is 317 g/mol. The van der Waals surface area contributed by atoms with Crippen LogP contribution < -0.4 is 0 Å². The summed E-state index contributed by atoms with van der Waals surface area (Å²) in [6.45, 7) is 1.92. The van der Waals surface area contributed by atoms with Crippen molar-refractivity contribution in [2.24, 2.45) is 0 Å². The van der Waals surface area contributed by atoms with Crippen molar-refractivity contribution in [2.75, 3.05) is 11.5 Å². The molecule has 1 atom stereocenters. The third-order valence-corrected chi connectivity index (χ3v) is 6.15. The SMILES string of the molecule is CC1(n2c(=S)[nH]c3cccc(Cl)c32)CCS(=O)(=O)C1. The summed E-state index contributed by atoms with van der Waals surface area (Å²) in [6.07, 6.45) is 0.557. The Hall–Kier alpha value is -0.850. The molecule has 3 rings (SSSR count). The first kappa shape index (κ1) is 13.1. The van der Waals surface area contributed by atoms with Gasteiger partial charge in [-0.15, -0.1) is 0 Å². The number of halogens is 1. The smallest absolute Gasteiger partial charge is 0.178 e. The molecule has 1 fully saturated rings. The fourth-order valence-electron chi connectivity index (χ4n) is 2.80. The van der Waals surface area contributed by atoms with Crippen molar-refractivity contribution in [1.82, 2.24) is 9.55 Å². The quantitative estimate of drug-likeness (QED) is 0.823. The molecule has 0 amide bonds. The Morgan fingerprint density at radius 1 is 1.47 bits per heavy atom. The van der Waals surface area contributed by atoms with Crippen molar-refractivity contribution in [3.63, 3.8) is 0 Å². The molecule has 0 radical (unpaired) electrons. The van der Waals surface area contributed by atoms with E-state index in [4.69, 9.17) is 23.8 Å². The Balaban J connectivity index is 2.32. The third kappa shape index (κ3) is 2.02. The predicted molar refractivity (Wildman–Crippen MR) is 79.1 cm³/mol. The number of aromatic amines is 1. The number of sulfone groups is 1. The summed E-state index contributed by atoms with van der Waals surface area (Å²) in [5.74, 6) is 0.300. The molecule has 102 valence electrons. The highest BCUT2D eigenvalue weighted by Crippen LogP contribution is 2.36. The number of imidazole rings is 1. The minimum absolute atomic E-state index is 0.104. The average Bonchev–Trinajstić information content (AvgIpc) is 2.77. The molecule has 1 unspecified atom stereocenters. The molecule has 1 aliphatic heterocycles. The number of rotatable bonds is 1. The summed E-state index contributed by atoms with van der Waals surface area (Å²) < 4.78 is 25.9. The first-order valence-corrected chi connectivity index (χ1v) is 8.53. The van der Waals surface area contributed by atoms with Crippen molar-refractivity contribution >= 4 is 44.7 Å². The first-order valence-electron chi connectivity index (χ1n) is 5.93. The number of H-pyrrole nitrogens is 1. The van der Waals surface area contributed by atoms with Gasteiger partial charge in [0.1, 0.15) is 0 Å². The summed E-state index contributed by atoms with van der Waals surface area (Å²) in [5, 5.41) is 0.579. The zero-order valence-corrected chi connectivity index (χ0v) is 12.7. The molecule has 1 aromatic heterocycles. The zero-order valence-electron chi connectivity index (χ0n) is 10.3. The second kappa shape index (κ2) is 4.07. The van der Waals surface area contributed by atoms with Crippen LogP contribution in [0.5, 0.6) is 0 Å². The van der Waals surface area contributed by atoms with Crippen LogP contribution in [-0.2, 0) is 15.4 Å². The van der Waals surface area contributed by atoms with E-state index in [2.05, 4.69) is 4.98 Å². The number of nitrogens with one attached hydrogen (secondary N) is 1. The van der Waals surface area contributed by atoms with Crippen LogP contribution >= 0.6 is 23.8 Å². The van der Waals surface area contributed by atoms with E-state index in [1.54, 1.807) is 6.07 Å². The summed E-state index contributed by atoms with van der Waals surface area (Å²) in [4.78, 5) is 3.10. The van der Waals surface area contributed by atoms with E-state index < -0.39 is 15.4 Å². The highest BCUT2D eigenvalue weighted by Gasteiger charge is 2.41. The fourth-order valence-corrected chi connectivity index (χ4v) is 5.60. The van der Waals surface area contributed by atoms with Gasteiger partial charge in [0, 0.05) is 0 Å². The standard InChI is InChI=1S/C12H13ClN2O2S2/c1-12(5-6-19(16,17)7-12)15-10-8(13)3-2-4-9(10)14-11(15)18/h2-4H,5-7H2,1H3,(H,14,18). The molecule has 2 heterocycles. The number of nitrogens with zero attached hydrogens (tertiary/aromatic N) is 1.